The molecule has 2 aromatic rings. The summed E-state index contributed by atoms with van der Waals surface area (Å²) < 4.78 is 1.27. The monoisotopic (exact) mass is 275 g/mol. The van der Waals surface area contributed by atoms with E-state index in [0.29, 0.717) is 5.56 Å². The van der Waals surface area contributed by atoms with Gasteiger partial charge in [0.15, 0.2) is 5.69 Å². The predicted molar refractivity (Wildman–Crippen MR) is 68.9 cm³/mol. The Balaban J connectivity index is 2.49. The minimum Gasteiger partial charge on any atom is -0.476 e. The van der Waals surface area contributed by atoms with Crippen LogP contribution in [-0.2, 0) is 11.3 Å². The second-order valence-corrected chi connectivity index (χ2v) is 4.28. The predicted octanol–water partition coefficient (Wildman–Crippen LogP) is 0.126. The third-order valence-corrected chi connectivity index (χ3v) is 2.66. The van der Waals surface area contributed by atoms with E-state index in [2.05, 4.69) is 15.3 Å². The molecule has 2 heterocycles. The maximum absolute atomic E-state index is 11.7. The Bertz CT molecular complexity index is 636. The number of carbonyl (C=O) groups is 2. The van der Waals surface area contributed by atoms with Crippen LogP contribution in [-0.4, -0.2) is 56.0 Å². The van der Waals surface area contributed by atoms with Crippen molar-refractivity contribution in [1.29, 1.82) is 0 Å². The first-order chi connectivity index (χ1) is 9.50. The van der Waals surface area contributed by atoms with E-state index in [1.54, 1.807) is 32.4 Å². The molecule has 0 aliphatic carbocycles. The van der Waals surface area contributed by atoms with Crippen molar-refractivity contribution in [3.8, 4) is 11.3 Å². The van der Waals surface area contributed by atoms with Gasteiger partial charge in [0.25, 0.3) is 0 Å². The van der Waals surface area contributed by atoms with Gasteiger partial charge in [-0.2, -0.15) is 0 Å². The molecule has 0 spiro atoms. The number of carboxylic acid groups (broad SMARTS) is 1. The Kier molecular flexibility index (Phi) is 3.74. The summed E-state index contributed by atoms with van der Waals surface area (Å²) in [6, 6.07) is 3.36. The highest BCUT2D eigenvalue weighted by Crippen LogP contribution is 2.21. The van der Waals surface area contributed by atoms with Crippen molar-refractivity contribution in [2.45, 2.75) is 6.54 Å². The lowest BCUT2D eigenvalue weighted by Gasteiger charge is -2.11. The third kappa shape index (κ3) is 2.63. The number of hydrogen-bond donors (Lipinski definition) is 1. The number of likely N-dealkylation sites (N-methyl/N-ethyl adjacent to an activating group) is 1. The van der Waals surface area contributed by atoms with E-state index in [1.165, 1.54) is 15.8 Å². The van der Waals surface area contributed by atoms with Gasteiger partial charge in [0.1, 0.15) is 12.2 Å². The van der Waals surface area contributed by atoms with Gasteiger partial charge in [-0.1, -0.05) is 5.21 Å². The maximum atomic E-state index is 11.7. The fraction of sp³-hybridized carbons (Fsp3) is 0.250. The third-order valence-electron chi connectivity index (χ3n) is 2.66. The Morgan fingerprint density at radius 1 is 1.40 bits per heavy atom. The van der Waals surface area contributed by atoms with Gasteiger partial charge in [-0.15, -0.1) is 5.10 Å². The minimum absolute atomic E-state index is 0.0858. The number of carboxylic acids is 1. The summed E-state index contributed by atoms with van der Waals surface area (Å²) in [6.07, 6.45) is 3.07. The zero-order valence-electron chi connectivity index (χ0n) is 11.0. The number of amides is 1. The first kappa shape index (κ1) is 13.7. The van der Waals surface area contributed by atoms with Crippen LogP contribution in [0.5, 0.6) is 0 Å². The zero-order valence-corrected chi connectivity index (χ0v) is 11.0. The molecule has 1 amide bonds. The van der Waals surface area contributed by atoms with Crippen molar-refractivity contribution in [3.05, 3.63) is 30.2 Å². The maximum Gasteiger partial charge on any atom is 0.358 e. The summed E-state index contributed by atoms with van der Waals surface area (Å²) in [6.45, 7) is -0.0858. The average molecular weight is 275 g/mol. The summed E-state index contributed by atoms with van der Waals surface area (Å²) in [4.78, 5) is 28.3. The molecule has 0 saturated heterocycles. The minimum atomic E-state index is -1.20. The van der Waals surface area contributed by atoms with E-state index >= 15 is 0 Å². The summed E-state index contributed by atoms with van der Waals surface area (Å²) in [5.41, 5.74) is 0.604. The fourth-order valence-corrected chi connectivity index (χ4v) is 1.63. The second-order valence-electron chi connectivity index (χ2n) is 4.28. The summed E-state index contributed by atoms with van der Waals surface area (Å²) in [5, 5.41) is 16.5. The van der Waals surface area contributed by atoms with Crippen molar-refractivity contribution in [2.75, 3.05) is 14.1 Å². The van der Waals surface area contributed by atoms with Crippen LogP contribution < -0.4 is 0 Å². The summed E-state index contributed by atoms with van der Waals surface area (Å²) in [7, 11) is 3.22. The standard InChI is InChI=1S/C12H13N5O3/c1-16(2)9(18)7-17-11(8-4-3-5-13-6-8)10(12(19)20)14-15-17/h3-6H,7H2,1-2H3,(H,19,20). The zero-order chi connectivity index (χ0) is 14.7. The molecule has 8 nitrogen and oxygen atoms in total. The van der Waals surface area contributed by atoms with Crippen LogP contribution in [0.25, 0.3) is 11.3 Å². The average Bonchev–Trinajstić information content (AvgIpc) is 2.83. The Labute approximate surface area is 114 Å². The number of hydrogen-bond acceptors (Lipinski definition) is 5. The second kappa shape index (κ2) is 5.47. The van der Waals surface area contributed by atoms with Crippen LogP contribution in [0.4, 0.5) is 0 Å². The van der Waals surface area contributed by atoms with Gasteiger partial charge in [0.05, 0.1) is 0 Å². The van der Waals surface area contributed by atoms with E-state index in [0.717, 1.165) is 0 Å². The van der Waals surface area contributed by atoms with E-state index in [1.807, 2.05) is 0 Å². The van der Waals surface area contributed by atoms with Gasteiger partial charge in [-0.05, 0) is 12.1 Å². The number of nitrogens with zero attached hydrogens (tertiary/aromatic N) is 5. The molecular weight excluding hydrogens is 262 g/mol. The number of aromatic nitrogens is 4. The normalized spacial score (nSPS) is 10.3. The molecule has 104 valence electrons. The highest BCUT2D eigenvalue weighted by molar-refractivity contribution is 5.92. The van der Waals surface area contributed by atoms with Crippen molar-refractivity contribution >= 4 is 11.9 Å². The number of carbonyl (C=O) groups excluding carboxylic acids is 1. The molecular formula is C12H13N5O3. The Morgan fingerprint density at radius 2 is 2.15 bits per heavy atom. The van der Waals surface area contributed by atoms with Crippen LogP contribution in [0.3, 0.4) is 0 Å². The van der Waals surface area contributed by atoms with Gasteiger partial charge >= 0.3 is 5.97 Å². The number of rotatable bonds is 4. The van der Waals surface area contributed by atoms with Gasteiger partial charge in [0.2, 0.25) is 5.91 Å². The van der Waals surface area contributed by atoms with E-state index in [9.17, 15) is 9.59 Å². The first-order valence-corrected chi connectivity index (χ1v) is 5.78. The Morgan fingerprint density at radius 3 is 2.70 bits per heavy atom. The molecule has 8 heteroatoms. The van der Waals surface area contributed by atoms with E-state index in [-0.39, 0.29) is 23.8 Å². The molecule has 0 aliphatic rings. The number of aromatic carboxylic acids is 1. The highest BCUT2D eigenvalue weighted by Gasteiger charge is 2.22. The van der Waals surface area contributed by atoms with Gasteiger partial charge in [-0.25, -0.2) is 9.48 Å². The molecule has 2 aromatic heterocycles. The smallest absolute Gasteiger partial charge is 0.358 e. The molecule has 0 radical (unpaired) electrons. The molecule has 0 aliphatic heterocycles. The number of pyridine rings is 1. The van der Waals surface area contributed by atoms with Crippen molar-refractivity contribution in [3.63, 3.8) is 0 Å². The topological polar surface area (TPSA) is 101 Å². The quantitative estimate of drug-likeness (QED) is 0.850. The molecule has 0 bridgehead atoms. The Hall–Kier alpha value is -2.77. The summed E-state index contributed by atoms with van der Waals surface area (Å²) in [5.74, 6) is -1.41. The van der Waals surface area contributed by atoms with Crippen LogP contribution >= 0.6 is 0 Å². The largest absolute Gasteiger partial charge is 0.476 e. The lowest BCUT2D eigenvalue weighted by atomic mass is 10.1. The lowest BCUT2D eigenvalue weighted by Crippen LogP contribution is -2.27. The van der Waals surface area contributed by atoms with Crippen LogP contribution in [0.15, 0.2) is 24.5 Å². The van der Waals surface area contributed by atoms with Gasteiger partial charge in [-0.3, -0.25) is 9.78 Å². The van der Waals surface area contributed by atoms with Crippen LogP contribution in [0, 0.1) is 0 Å². The molecule has 0 aromatic carbocycles. The van der Waals surface area contributed by atoms with E-state index in [4.69, 9.17) is 5.11 Å². The highest BCUT2D eigenvalue weighted by atomic mass is 16.4. The first-order valence-electron chi connectivity index (χ1n) is 5.78. The molecule has 20 heavy (non-hydrogen) atoms. The summed E-state index contributed by atoms with van der Waals surface area (Å²) >= 11 is 0. The van der Waals surface area contributed by atoms with Crippen LogP contribution in [0.1, 0.15) is 10.5 Å². The van der Waals surface area contributed by atoms with Crippen molar-refractivity contribution in [1.82, 2.24) is 24.9 Å². The van der Waals surface area contributed by atoms with Gasteiger partial charge < -0.3 is 10.0 Å². The molecule has 1 N–H and O–H groups in total. The molecule has 0 fully saturated rings. The molecule has 0 atom stereocenters. The molecule has 2 rings (SSSR count). The molecule has 0 unspecified atom stereocenters. The van der Waals surface area contributed by atoms with Crippen molar-refractivity contribution < 1.29 is 14.7 Å². The van der Waals surface area contributed by atoms with E-state index < -0.39 is 5.97 Å². The SMILES string of the molecule is CN(C)C(=O)Cn1nnc(C(=O)O)c1-c1cccnc1. The molecule has 0 saturated carbocycles. The van der Waals surface area contributed by atoms with Crippen molar-refractivity contribution in [2.24, 2.45) is 0 Å². The lowest BCUT2D eigenvalue weighted by molar-refractivity contribution is -0.129. The van der Waals surface area contributed by atoms with Gasteiger partial charge in [0, 0.05) is 32.1 Å². The van der Waals surface area contributed by atoms with Crippen LogP contribution in [0.2, 0.25) is 0 Å². The fourth-order valence-electron chi connectivity index (χ4n) is 1.63.